The molecule has 0 spiro atoms. The minimum atomic E-state index is -4.94. The average Bonchev–Trinajstić information content (AvgIpc) is 2.78. The molecule has 0 aromatic heterocycles. The van der Waals surface area contributed by atoms with Gasteiger partial charge in [-0.1, -0.05) is 35.3 Å². The van der Waals surface area contributed by atoms with Crippen LogP contribution in [0.4, 0.5) is 36.4 Å². The number of hydrogen-bond donors (Lipinski definition) is 2. The highest BCUT2D eigenvalue weighted by atomic mass is 35.5. The first-order chi connectivity index (χ1) is 17.0. The quantitative estimate of drug-likeness (QED) is 0.184. The van der Waals surface area contributed by atoms with Crippen molar-refractivity contribution in [3.05, 3.63) is 79.1 Å². The molecule has 0 unspecified atom stereocenters. The second-order valence-electron chi connectivity index (χ2n) is 7.26. The monoisotopic (exact) mass is 575 g/mol. The van der Waals surface area contributed by atoms with Gasteiger partial charge in [-0.15, -0.1) is 0 Å². The molecule has 0 radical (unpaired) electrons. The second kappa shape index (κ2) is 11.8. The number of carbonyl (C=O) groups excluding carboxylic acids is 2. The third-order valence-corrected chi connectivity index (χ3v) is 5.09. The number of nitrogens with one attached hydrogen (secondary N) is 2. The molecule has 200 valence electrons. The molecular weight excluding hydrogens is 562 g/mol. The molecule has 2 amide bonds. The van der Waals surface area contributed by atoms with Crippen LogP contribution in [0.3, 0.4) is 0 Å². The maximum absolute atomic E-state index is 13.6. The standard InChI is InChI=1S/C21H14Cl2F7N3O4/c22-14-6-11(7-15(23)18(14)24)13(21(28,29)30)4-2-10-1-3-12(16(5-10)33(36)37)19(35)31-8-17(34)32-9-20(25,26)27/h1,3-7H,2,8-9H2,(H,31,35)(H,32,34)/b13-4+. The van der Waals surface area contributed by atoms with Crippen LogP contribution in [0, 0.1) is 15.9 Å². The van der Waals surface area contributed by atoms with Gasteiger partial charge in [0, 0.05) is 6.07 Å². The Hall–Kier alpha value is -3.39. The van der Waals surface area contributed by atoms with Crippen LogP contribution in [0.2, 0.25) is 10.0 Å². The van der Waals surface area contributed by atoms with E-state index in [1.165, 1.54) is 5.32 Å². The predicted molar refractivity (Wildman–Crippen MR) is 119 cm³/mol. The van der Waals surface area contributed by atoms with Crippen molar-refractivity contribution in [2.24, 2.45) is 0 Å². The highest BCUT2D eigenvalue weighted by Crippen LogP contribution is 2.37. The van der Waals surface area contributed by atoms with Gasteiger partial charge in [-0.3, -0.25) is 19.7 Å². The fraction of sp³-hybridized carbons (Fsp3) is 0.238. The lowest BCUT2D eigenvalue weighted by Gasteiger charge is -2.14. The van der Waals surface area contributed by atoms with Gasteiger partial charge in [-0.05, 0) is 35.7 Å². The van der Waals surface area contributed by atoms with E-state index in [0.717, 1.165) is 18.2 Å². The lowest BCUT2D eigenvalue weighted by molar-refractivity contribution is -0.385. The van der Waals surface area contributed by atoms with Gasteiger partial charge in [0.2, 0.25) is 5.91 Å². The molecule has 0 bridgehead atoms. The minimum Gasteiger partial charge on any atom is -0.345 e. The van der Waals surface area contributed by atoms with Crippen LogP contribution in [-0.4, -0.2) is 42.2 Å². The summed E-state index contributed by atoms with van der Waals surface area (Å²) in [7, 11) is 0. The van der Waals surface area contributed by atoms with Crippen LogP contribution < -0.4 is 10.6 Å². The number of hydrogen-bond acceptors (Lipinski definition) is 4. The molecule has 0 atom stereocenters. The number of halogens is 9. The average molecular weight is 576 g/mol. The van der Waals surface area contributed by atoms with E-state index in [2.05, 4.69) is 0 Å². The Morgan fingerprint density at radius 3 is 2.11 bits per heavy atom. The number of nitrogens with zero attached hydrogens (tertiary/aromatic N) is 1. The maximum Gasteiger partial charge on any atom is 0.416 e. The van der Waals surface area contributed by atoms with Crippen molar-refractivity contribution < 1.29 is 45.2 Å². The Labute approximate surface area is 213 Å². The first-order valence-electron chi connectivity index (χ1n) is 9.81. The fourth-order valence-electron chi connectivity index (χ4n) is 2.89. The van der Waals surface area contributed by atoms with Gasteiger partial charge in [-0.25, -0.2) is 4.39 Å². The van der Waals surface area contributed by atoms with Crippen molar-refractivity contribution in [3.63, 3.8) is 0 Å². The molecule has 0 heterocycles. The third-order valence-electron chi connectivity index (χ3n) is 4.54. The van der Waals surface area contributed by atoms with Crippen molar-refractivity contribution in [2.45, 2.75) is 18.8 Å². The van der Waals surface area contributed by atoms with Crippen LogP contribution in [0.5, 0.6) is 0 Å². The fourth-order valence-corrected chi connectivity index (χ4v) is 3.38. The minimum absolute atomic E-state index is 0.0350. The van der Waals surface area contributed by atoms with E-state index >= 15 is 0 Å². The molecule has 0 saturated heterocycles. The molecule has 0 aliphatic carbocycles. The molecule has 0 aliphatic heterocycles. The third kappa shape index (κ3) is 8.60. The summed E-state index contributed by atoms with van der Waals surface area (Å²) < 4.78 is 90.8. The summed E-state index contributed by atoms with van der Waals surface area (Å²) in [6.45, 7) is -2.57. The molecule has 0 saturated carbocycles. The molecule has 2 rings (SSSR count). The zero-order valence-corrected chi connectivity index (χ0v) is 19.6. The van der Waals surface area contributed by atoms with Gasteiger partial charge in [0.1, 0.15) is 12.1 Å². The molecule has 0 fully saturated rings. The number of allylic oxidation sites excluding steroid dienone is 2. The van der Waals surface area contributed by atoms with Gasteiger partial charge in [0.25, 0.3) is 11.6 Å². The largest absolute Gasteiger partial charge is 0.416 e. The number of benzene rings is 2. The van der Waals surface area contributed by atoms with Crippen LogP contribution in [0.1, 0.15) is 21.5 Å². The molecule has 2 N–H and O–H groups in total. The van der Waals surface area contributed by atoms with E-state index in [4.69, 9.17) is 23.2 Å². The van der Waals surface area contributed by atoms with Gasteiger partial charge in [0.15, 0.2) is 5.82 Å². The molecule has 0 aliphatic rings. The summed E-state index contributed by atoms with van der Waals surface area (Å²) in [6, 6.07) is 4.24. The summed E-state index contributed by atoms with van der Waals surface area (Å²) in [4.78, 5) is 34.0. The molecule has 2 aromatic carbocycles. The number of rotatable bonds is 8. The smallest absolute Gasteiger partial charge is 0.345 e. The van der Waals surface area contributed by atoms with E-state index < -0.39 is 86.9 Å². The summed E-state index contributed by atoms with van der Waals surface area (Å²) in [5.41, 5.74) is -3.27. The Morgan fingerprint density at radius 1 is 1.00 bits per heavy atom. The van der Waals surface area contributed by atoms with E-state index in [0.29, 0.717) is 18.2 Å². The summed E-state index contributed by atoms with van der Waals surface area (Å²) in [5.74, 6) is -3.51. The SMILES string of the molecule is O=C(CNC(=O)c1ccc(C/C=C(\c2cc(Cl)c(F)c(Cl)c2)C(F)(F)F)cc1[N+](=O)[O-])NCC(F)(F)F. The van der Waals surface area contributed by atoms with E-state index in [1.807, 2.05) is 5.32 Å². The lowest BCUT2D eigenvalue weighted by Crippen LogP contribution is -2.41. The predicted octanol–water partition coefficient (Wildman–Crippen LogP) is 5.64. The molecular formula is C21H14Cl2F7N3O4. The van der Waals surface area contributed by atoms with Crippen LogP contribution in [-0.2, 0) is 11.2 Å². The molecule has 2 aromatic rings. The second-order valence-corrected chi connectivity index (χ2v) is 8.07. The van der Waals surface area contributed by atoms with Crippen molar-refractivity contribution in [1.82, 2.24) is 10.6 Å². The number of nitro groups is 1. The van der Waals surface area contributed by atoms with E-state index in [-0.39, 0.29) is 5.56 Å². The molecule has 7 nitrogen and oxygen atoms in total. The van der Waals surface area contributed by atoms with Crippen LogP contribution >= 0.6 is 23.2 Å². The zero-order valence-electron chi connectivity index (χ0n) is 18.1. The van der Waals surface area contributed by atoms with E-state index in [9.17, 15) is 50.4 Å². The first kappa shape index (κ1) is 29.8. The Kier molecular flexibility index (Phi) is 9.49. The van der Waals surface area contributed by atoms with Gasteiger partial charge in [-0.2, -0.15) is 26.3 Å². The van der Waals surface area contributed by atoms with Gasteiger partial charge >= 0.3 is 12.4 Å². The summed E-state index contributed by atoms with van der Waals surface area (Å²) in [5, 5.41) is 13.5. The van der Waals surface area contributed by atoms with Crippen molar-refractivity contribution in [2.75, 3.05) is 13.1 Å². The van der Waals surface area contributed by atoms with Crippen molar-refractivity contribution >= 4 is 46.3 Å². The highest BCUT2D eigenvalue weighted by Gasteiger charge is 2.35. The van der Waals surface area contributed by atoms with E-state index in [1.54, 1.807) is 0 Å². The Bertz CT molecular complexity index is 1220. The number of nitro benzene ring substituents is 1. The maximum atomic E-state index is 13.6. The zero-order chi connectivity index (χ0) is 28.1. The van der Waals surface area contributed by atoms with Gasteiger partial charge in [0.05, 0.1) is 27.1 Å². The first-order valence-corrected chi connectivity index (χ1v) is 10.6. The van der Waals surface area contributed by atoms with Crippen molar-refractivity contribution in [1.29, 1.82) is 0 Å². The Balaban J connectivity index is 2.27. The lowest BCUT2D eigenvalue weighted by atomic mass is 10.0. The normalized spacial score (nSPS) is 12.3. The van der Waals surface area contributed by atoms with Crippen LogP contribution in [0.15, 0.2) is 36.4 Å². The number of alkyl halides is 6. The highest BCUT2D eigenvalue weighted by molar-refractivity contribution is 6.35. The van der Waals surface area contributed by atoms with Crippen LogP contribution in [0.25, 0.3) is 5.57 Å². The van der Waals surface area contributed by atoms with Crippen molar-refractivity contribution in [3.8, 4) is 0 Å². The summed E-state index contributed by atoms with van der Waals surface area (Å²) >= 11 is 11.1. The molecule has 37 heavy (non-hydrogen) atoms. The topological polar surface area (TPSA) is 101 Å². The number of amides is 2. The molecule has 16 heteroatoms. The Morgan fingerprint density at radius 2 is 1.59 bits per heavy atom. The van der Waals surface area contributed by atoms with Gasteiger partial charge < -0.3 is 10.6 Å². The summed E-state index contributed by atoms with van der Waals surface area (Å²) in [6.07, 6.45) is -9.50. The number of carbonyl (C=O) groups is 2.